The van der Waals surface area contributed by atoms with E-state index in [4.69, 9.17) is 9.47 Å². The summed E-state index contributed by atoms with van der Waals surface area (Å²) in [5.74, 6) is -3.57. The van der Waals surface area contributed by atoms with E-state index in [1.807, 2.05) is 0 Å². The maximum absolute atomic E-state index is 13.5. The highest BCUT2D eigenvalue weighted by Crippen LogP contribution is 2.17. The topological polar surface area (TPSA) is 86.6 Å². The first kappa shape index (κ1) is 21.1. The number of nitrogens with one attached hydrogen (secondary N) is 1. The summed E-state index contributed by atoms with van der Waals surface area (Å²) in [6.07, 6.45) is 0. The van der Waals surface area contributed by atoms with Gasteiger partial charge in [0.1, 0.15) is 18.2 Å². The average Bonchev–Trinajstić information content (AvgIpc) is 2.91. The highest BCUT2D eigenvalue weighted by Gasteiger charge is 2.19. The van der Waals surface area contributed by atoms with E-state index in [1.54, 1.807) is 31.4 Å². The molecule has 1 heterocycles. The zero-order chi connectivity index (χ0) is 20.8. The number of halogens is 2. The third-order valence-corrected chi connectivity index (χ3v) is 3.92. The second-order valence-corrected chi connectivity index (χ2v) is 5.92. The lowest BCUT2D eigenvalue weighted by atomic mass is 10.2. The van der Waals surface area contributed by atoms with Crippen LogP contribution in [0.5, 0.6) is 0 Å². The van der Waals surface area contributed by atoms with Gasteiger partial charge in [0.15, 0.2) is 6.61 Å². The summed E-state index contributed by atoms with van der Waals surface area (Å²) in [6.45, 7) is 4.40. The molecule has 0 spiro atoms. The molecule has 0 aliphatic heterocycles. The molecule has 0 saturated heterocycles. The molecular formula is C19H20F2N2O5. The van der Waals surface area contributed by atoms with Gasteiger partial charge in [-0.3, -0.25) is 9.59 Å². The Bertz CT molecular complexity index is 908. The minimum absolute atomic E-state index is 0.224. The van der Waals surface area contributed by atoms with Crippen LogP contribution in [-0.2, 0) is 25.6 Å². The summed E-state index contributed by atoms with van der Waals surface area (Å²) < 4.78 is 38.0. The van der Waals surface area contributed by atoms with Gasteiger partial charge in [0, 0.05) is 17.5 Å². The number of ether oxygens (including phenoxy) is 2. The Morgan fingerprint density at radius 2 is 1.82 bits per heavy atom. The number of esters is 2. The van der Waals surface area contributed by atoms with Gasteiger partial charge in [-0.2, -0.15) is 0 Å². The van der Waals surface area contributed by atoms with Gasteiger partial charge < -0.3 is 19.4 Å². The quantitative estimate of drug-likeness (QED) is 0.730. The lowest BCUT2D eigenvalue weighted by Crippen LogP contribution is -2.24. The van der Waals surface area contributed by atoms with E-state index in [1.165, 1.54) is 0 Å². The van der Waals surface area contributed by atoms with Crippen LogP contribution < -0.4 is 5.32 Å². The van der Waals surface area contributed by atoms with Crippen molar-refractivity contribution in [3.05, 3.63) is 52.9 Å². The molecule has 0 unspecified atom stereocenters. The molecule has 28 heavy (non-hydrogen) atoms. The first-order chi connectivity index (χ1) is 13.2. The molecule has 7 nitrogen and oxygen atoms in total. The Kier molecular flexibility index (Phi) is 6.86. The predicted octanol–water partition coefficient (Wildman–Crippen LogP) is 2.74. The molecule has 0 saturated carbocycles. The van der Waals surface area contributed by atoms with Gasteiger partial charge in [-0.1, -0.05) is 0 Å². The number of hydrogen-bond donors (Lipinski definition) is 1. The Labute approximate surface area is 160 Å². The van der Waals surface area contributed by atoms with Crippen molar-refractivity contribution in [3.8, 4) is 0 Å². The summed E-state index contributed by atoms with van der Waals surface area (Å²) >= 11 is 0. The van der Waals surface area contributed by atoms with Crippen molar-refractivity contribution in [1.82, 2.24) is 4.57 Å². The molecule has 2 rings (SSSR count). The standard InChI is InChI=1S/C19H20F2N2O5/c1-4-27-19(26)14-7-11(2)23(12(14)3)9-18(25)28-10-17(24)22-16-8-13(20)5-6-15(16)21/h5-8H,4,9-10H2,1-3H3,(H,22,24). The fourth-order valence-corrected chi connectivity index (χ4v) is 2.56. The van der Waals surface area contributed by atoms with Gasteiger partial charge in [-0.25, -0.2) is 13.6 Å². The van der Waals surface area contributed by atoms with Crippen LogP contribution in [0.1, 0.15) is 28.7 Å². The van der Waals surface area contributed by atoms with Crippen LogP contribution in [-0.4, -0.2) is 35.6 Å². The highest BCUT2D eigenvalue weighted by molar-refractivity contribution is 5.93. The molecule has 150 valence electrons. The van der Waals surface area contributed by atoms with Crippen LogP contribution in [0.3, 0.4) is 0 Å². The van der Waals surface area contributed by atoms with Gasteiger partial charge in [-0.05, 0) is 39.0 Å². The summed E-state index contributed by atoms with van der Waals surface area (Å²) in [7, 11) is 0. The largest absolute Gasteiger partial charge is 0.462 e. The van der Waals surface area contributed by atoms with Crippen molar-refractivity contribution in [2.75, 3.05) is 18.5 Å². The van der Waals surface area contributed by atoms with E-state index in [0.717, 1.165) is 18.2 Å². The molecule has 1 aromatic heterocycles. The zero-order valence-electron chi connectivity index (χ0n) is 15.7. The molecule has 0 bridgehead atoms. The Morgan fingerprint density at radius 1 is 1.11 bits per heavy atom. The molecule has 1 amide bonds. The lowest BCUT2D eigenvalue weighted by molar-refractivity contribution is -0.147. The first-order valence-corrected chi connectivity index (χ1v) is 8.47. The summed E-state index contributed by atoms with van der Waals surface area (Å²) in [6, 6.07) is 4.20. The molecule has 0 radical (unpaired) electrons. The number of amides is 1. The summed E-state index contributed by atoms with van der Waals surface area (Å²) in [5.41, 5.74) is 1.16. The third-order valence-electron chi connectivity index (χ3n) is 3.92. The first-order valence-electron chi connectivity index (χ1n) is 8.47. The number of aryl methyl sites for hydroxylation is 1. The molecule has 9 heteroatoms. The van der Waals surface area contributed by atoms with Crippen molar-refractivity contribution < 1.29 is 32.6 Å². The van der Waals surface area contributed by atoms with Crippen LogP contribution >= 0.6 is 0 Å². The normalized spacial score (nSPS) is 10.5. The summed E-state index contributed by atoms with van der Waals surface area (Å²) in [4.78, 5) is 35.7. The van der Waals surface area contributed by atoms with Gasteiger partial charge in [0.2, 0.25) is 0 Å². The lowest BCUT2D eigenvalue weighted by Gasteiger charge is -2.10. The van der Waals surface area contributed by atoms with E-state index >= 15 is 0 Å². The number of anilines is 1. The maximum atomic E-state index is 13.5. The van der Waals surface area contributed by atoms with E-state index in [-0.39, 0.29) is 18.8 Å². The number of carbonyl (C=O) groups is 3. The van der Waals surface area contributed by atoms with E-state index in [2.05, 4.69) is 5.32 Å². The molecular weight excluding hydrogens is 374 g/mol. The monoisotopic (exact) mass is 394 g/mol. The van der Waals surface area contributed by atoms with Crippen molar-refractivity contribution in [2.24, 2.45) is 0 Å². The van der Waals surface area contributed by atoms with Crippen molar-refractivity contribution in [3.63, 3.8) is 0 Å². The van der Waals surface area contributed by atoms with Crippen LogP contribution in [0, 0.1) is 25.5 Å². The molecule has 2 aromatic rings. The van der Waals surface area contributed by atoms with Gasteiger partial charge in [0.25, 0.3) is 5.91 Å². The maximum Gasteiger partial charge on any atom is 0.339 e. The SMILES string of the molecule is CCOC(=O)c1cc(C)n(CC(=O)OCC(=O)Nc2cc(F)ccc2F)c1C. The van der Waals surface area contributed by atoms with Gasteiger partial charge >= 0.3 is 11.9 Å². The molecule has 0 atom stereocenters. The highest BCUT2D eigenvalue weighted by atomic mass is 19.1. The Balaban J connectivity index is 1.95. The average molecular weight is 394 g/mol. The van der Waals surface area contributed by atoms with Crippen molar-refractivity contribution in [1.29, 1.82) is 0 Å². The number of hydrogen-bond acceptors (Lipinski definition) is 5. The van der Waals surface area contributed by atoms with E-state index < -0.39 is 36.1 Å². The van der Waals surface area contributed by atoms with Crippen LogP contribution in [0.15, 0.2) is 24.3 Å². The van der Waals surface area contributed by atoms with Crippen LogP contribution in [0.4, 0.5) is 14.5 Å². The van der Waals surface area contributed by atoms with Crippen LogP contribution in [0.25, 0.3) is 0 Å². The second-order valence-electron chi connectivity index (χ2n) is 5.92. The number of aromatic nitrogens is 1. The van der Waals surface area contributed by atoms with Crippen molar-refractivity contribution in [2.45, 2.75) is 27.3 Å². The molecule has 1 N–H and O–H groups in total. The minimum atomic E-state index is -0.814. The minimum Gasteiger partial charge on any atom is -0.462 e. The third kappa shape index (κ3) is 5.15. The van der Waals surface area contributed by atoms with Crippen molar-refractivity contribution >= 4 is 23.5 Å². The fourth-order valence-electron chi connectivity index (χ4n) is 2.56. The molecule has 0 aliphatic carbocycles. The Hall–Kier alpha value is -3.23. The van der Waals surface area contributed by atoms with E-state index in [9.17, 15) is 23.2 Å². The van der Waals surface area contributed by atoms with Gasteiger partial charge in [-0.15, -0.1) is 0 Å². The second kappa shape index (κ2) is 9.12. The number of carbonyl (C=O) groups excluding carboxylic acids is 3. The van der Waals surface area contributed by atoms with Crippen LogP contribution in [0.2, 0.25) is 0 Å². The smallest absolute Gasteiger partial charge is 0.339 e. The number of benzene rings is 1. The Morgan fingerprint density at radius 3 is 2.50 bits per heavy atom. The summed E-state index contributed by atoms with van der Waals surface area (Å²) in [5, 5.41) is 2.13. The molecule has 0 aliphatic rings. The molecule has 0 fully saturated rings. The fraction of sp³-hybridized carbons (Fsp3) is 0.316. The zero-order valence-corrected chi connectivity index (χ0v) is 15.7. The number of rotatable bonds is 7. The van der Waals surface area contributed by atoms with E-state index in [0.29, 0.717) is 17.0 Å². The van der Waals surface area contributed by atoms with Gasteiger partial charge in [0.05, 0.1) is 17.9 Å². The number of nitrogens with zero attached hydrogens (tertiary/aromatic N) is 1. The molecule has 1 aromatic carbocycles. The predicted molar refractivity (Wildman–Crippen MR) is 95.8 cm³/mol.